The maximum Gasteiger partial charge on any atom is 0.490 e. The Morgan fingerprint density at radius 1 is 1.30 bits per heavy atom. The Kier molecular flexibility index (Phi) is 8.47. The molecule has 1 aliphatic rings. The fraction of sp³-hybridized carbons (Fsp3) is 0.409. The second kappa shape index (κ2) is 11.4. The van der Waals surface area contributed by atoms with Crippen LogP contribution in [0, 0.1) is 12.7 Å². The number of ether oxygens (including phenoxy) is 1. The topological polar surface area (TPSA) is 134 Å². The number of rotatable bonds is 5. The number of aliphatic carboxylic acids is 1. The van der Waals surface area contributed by atoms with Gasteiger partial charge >= 0.3 is 12.1 Å². The summed E-state index contributed by atoms with van der Waals surface area (Å²) in [6.45, 7) is 8.40. The molecule has 1 amide bonds. The Labute approximate surface area is 208 Å². The summed E-state index contributed by atoms with van der Waals surface area (Å²) in [6, 6.07) is 1.55. The normalized spacial score (nSPS) is 15.6. The zero-order valence-corrected chi connectivity index (χ0v) is 20.1. The number of piperazine rings is 1. The molecule has 1 atom stereocenters. The van der Waals surface area contributed by atoms with Gasteiger partial charge in [0.25, 0.3) is 5.91 Å². The zero-order chi connectivity index (χ0) is 27.3. The van der Waals surface area contributed by atoms with Crippen molar-refractivity contribution in [1.29, 1.82) is 0 Å². The van der Waals surface area contributed by atoms with E-state index in [1.54, 1.807) is 19.3 Å². The van der Waals surface area contributed by atoms with Crippen molar-refractivity contribution in [1.82, 2.24) is 24.7 Å². The minimum absolute atomic E-state index is 0.186. The number of nitrogens with zero attached hydrogens (tertiary/aromatic N) is 5. The third kappa shape index (κ3) is 7.03. The number of aryl methyl sites for hydroxylation is 1. The number of hydrogen-bond donors (Lipinski definition) is 3. The molecule has 0 unspecified atom stereocenters. The molecule has 1 saturated heterocycles. The van der Waals surface area contributed by atoms with Crippen molar-refractivity contribution in [3.8, 4) is 5.88 Å². The minimum Gasteiger partial charge on any atom is -0.477 e. The number of nitrogens with one attached hydrogen (secondary N) is 2. The molecule has 37 heavy (non-hydrogen) atoms. The molecule has 3 N–H and O–H groups in total. The number of aromatic nitrogens is 4. The Morgan fingerprint density at radius 2 is 2.00 bits per heavy atom. The van der Waals surface area contributed by atoms with Crippen molar-refractivity contribution in [2.75, 3.05) is 36.5 Å². The lowest BCUT2D eigenvalue weighted by atomic mass is 10.2. The smallest absolute Gasteiger partial charge is 0.477 e. The van der Waals surface area contributed by atoms with E-state index in [4.69, 9.17) is 14.6 Å². The largest absolute Gasteiger partial charge is 0.490 e. The molecule has 0 aromatic carbocycles. The van der Waals surface area contributed by atoms with Crippen molar-refractivity contribution < 1.29 is 37.0 Å². The fourth-order valence-electron chi connectivity index (χ4n) is 3.47. The first-order chi connectivity index (χ1) is 17.4. The highest BCUT2D eigenvalue weighted by molar-refractivity contribution is 6.05. The molecule has 200 valence electrons. The van der Waals surface area contributed by atoms with Gasteiger partial charge < -0.3 is 29.8 Å². The standard InChI is InChI=1S/C20H24FN7O2.C2HF3O2/c1-4-30-19-15(8-23-20(26-19)27-6-5-22-12(2)9-27)18(29)25-14-7-16(21)17-24-13(3)10-28(17)11-14;3-2(4,5)1(6)7/h7-8,10-12,22H,4-6,9H2,1-3H3,(H,25,29);(H,6,7)/t12-;/m0./s1. The molecule has 15 heteroatoms. The third-order valence-corrected chi connectivity index (χ3v) is 5.05. The van der Waals surface area contributed by atoms with E-state index in [-0.39, 0.29) is 17.1 Å². The monoisotopic (exact) mass is 527 g/mol. The van der Waals surface area contributed by atoms with Crippen molar-refractivity contribution in [2.24, 2.45) is 0 Å². The number of fused-ring (bicyclic) bond motifs is 1. The van der Waals surface area contributed by atoms with Crippen LogP contribution in [0.15, 0.2) is 24.7 Å². The number of imidazole rings is 1. The Hall–Kier alpha value is -4.01. The van der Waals surface area contributed by atoms with E-state index in [0.29, 0.717) is 30.0 Å². The quantitative estimate of drug-likeness (QED) is 0.428. The van der Waals surface area contributed by atoms with Crippen molar-refractivity contribution >= 4 is 29.2 Å². The zero-order valence-electron chi connectivity index (χ0n) is 20.1. The van der Waals surface area contributed by atoms with E-state index in [1.165, 1.54) is 16.7 Å². The van der Waals surface area contributed by atoms with E-state index < -0.39 is 23.9 Å². The van der Waals surface area contributed by atoms with Gasteiger partial charge in [-0.15, -0.1) is 0 Å². The number of anilines is 2. The molecule has 11 nitrogen and oxygen atoms in total. The van der Waals surface area contributed by atoms with Gasteiger partial charge in [-0.25, -0.2) is 19.2 Å². The van der Waals surface area contributed by atoms with Crippen LogP contribution in [0.1, 0.15) is 29.9 Å². The lowest BCUT2D eigenvalue weighted by Crippen LogP contribution is -2.49. The van der Waals surface area contributed by atoms with Gasteiger partial charge in [-0.1, -0.05) is 0 Å². The second-order valence-corrected chi connectivity index (χ2v) is 8.07. The lowest BCUT2D eigenvalue weighted by molar-refractivity contribution is -0.192. The summed E-state index contributed by atoms with van der Waals surface area (Å²) in [7, 11) is 0. The van der Waals surface area contributed by atoms with Crippen LogP contribution in [0.25, 0.3) is 5.65 Å². The molecule has 0 saturated carbocycles. The van der Waals surface area contributed by atoms with Crippen LogP contribution in [0.5, 0.6) is 5.88 Å². The SMILES string of the molecule is CCOc1nc(N2CCN[C@@H](C)C2)ncc1C(=O)Nc1cc(F)c2nc(C)cn2c1.O=C(O)C(F)(F)F. The molecule has 0 aliphatic carbocycles. The minimum atomic E-state index is -5.08. The van der Waals surface area contributed by atoms with E-state index in [1.807, 2.05) is 6.92 Å². The fourth-order valence-corrected chi connectivity index (χ4v) is 3.47. The van der Waals surface area contributed by atoms with Crippen molar-refractivity contribution in [3.63, 3.8) is 0 Å². The first kappa shape index (κ1) is 27.6. The highest BCUT2D eigenvalue weighted by atomic mass is 19.4. The number of halogens is 4. The highest BCUT2D eigenvalue weighted by Gasteiger charge is 2.38. The number of carboxylic acids is 1. The molecule has 3 aromatic rings. The van der Waals surface area contributed by atoms with E-state index in [9.17, 15) is 22.4 Å². The maximum absolute atomic E-state index is 14.3. The van der Waals surface area contributed by atoms with Gasteiger partial charge in [-0.2, -0.15) is 18.2 Å². The summed E-state index contributed by atoms with van der Waals surface area (Å²) in [5.41, 5.74) is 1.37. The molecule has 0 radical (unpaired) electrons. The van der Waals surface area contributed by atoms with Gasteiger partial charge in [0.1, 0.15) is 5.56 Å². The highest BCUT2D eigenvalue weighted by Crippen LogP contribution is 2.22. The van der Waals surface area contributed by atoms with Crippen molar-refractivity contribution in [2.45, 2.75) is 33.0 Å². The van der Waals surface area contributed by atoms with E-state index in [2.05, 4.69) is 37.4 Å². The lowest BCUT2D eigenvalue weighted by Gasteiger charge is -2.32. The average molecular weight is 527 g/mol. The van der Waals surface area contributed by atoms with Crippen molar-refractivity contribution in [3.05, 3.63) is 41.7 Å². The summed E-state index contributed by atoms with van der Waals surface area (Å²) in [4.78, 5) is 36.8. The number of alkyl halides is 3. The average Bonchev–Trinajstić information content (AvgIpc) is 3.20. The van der Waals surface area contributed by atoms with Gasteiger partial charge in [-0.3, -0.25) is 4.79 Å². The maximum atomic E-state index is 14.3. The first-order valence-electron chi connectivity index (χ1n) is 11.1. The third-order valence-electron chi connectivity index (χ3n) is 5.05. The van der Waals surface area contributed by atoms with Crippen LogP contribution < -0.4 is 20.3 Å². The van der Waals surface area contributed by atoms with Gasteiger partial charge in [0.2, 0.25) is 11.8 Å². The van der Waals surface area contributed by atoms with E-state index >= 15 is 0 Å². The second-order valence-electron chi connectivity index (χ2n) is 8.07. The molecular weight excluding hydrogens is 502 g/mol. The number of carbonyl (C=O) groups excluding carboxylic acids is 1. The summed E-state index contributed by atoms with van der Waals surface area (Å²) in [6.07, 6.45) is -0.342. The number of pyridine rings is 1. The van der Waals surface area contributed by atoms with Crippen LogP contribution in [-0.2, 0) is 4.79 Å². The van der Waals surface area contributed by atoms with Crippen LogP contribution in [-0.4, -0.2) is 74.8 Å². The van der Waals surface area contributed by atoms with E-state index in [0.717, 1.165) is 19.6 Å². The number of hydrogen-bond acceptors (Lipinski definition) is 8. The van der Waals surface area contributed by atoms with Gasteiger partial charge in [0.15, 0.2) is 11.5 Å². The predicted molar refractivity (Wildman–Crippen MR) is 124 cm³/mol. The molecule has 1 fully saturated rings. The predicted octanol–water partition coefficient (Wildman–Crippen LogP) is 2.65. The molecule has 3 aromatic heterocycles. The molecule has 4 rings (SSSR count). The molecular formula is C22H25F4N7O4. The summed E-state index contributed by atoms with van der Waals surface area (Å²) in [5, 5.41) is 13.2. The first-order valence-corrected chi connectivity index (χ1v) is 11.1. The van der Waals surface area contributed by atoms with Gasteiger partial charge in [0.05, 0.1) is 18.0 Å². The van der Waals surface area contributed by atoms with Crippen LogP contribution >= 0.6 is 0 Å². The summed E-state index contributed by atoms with van der Waals surface area (Å²) >= 11 is 0. The van der Waals surface area contributed by atoms with Crippen LogP contribution in [0.3, 0.4) is 0 Å². The number of amides is 1. The molecule has 1 aliphatic heterocycles. The summed E-state index contributed by atoms with van der Waals surface area (Å²) in [5.74, 6) is -3.04. The van der Waals surface area contributed by atoms with Crippen LogP contribution in [0.2, 0.25) is 0 Å². The molecule has 0 bridgehead atoms. The number of carboxylic acid groups (broad SMARTS) is 1. The van der Waals surface area contributed by atoms with Gasteiger partial charge in [0, 0.05) is 50.3 Å². The van der Waals surface area contributed by atoms with Gasteiger partial charge in [-0.05, 0) is 20.8 Å². The summed E-state index contributed by atoms with van der Waals surface area (Å²) < 4.78 is 53.2. The molecule has 0 spiro atoms. The number of carbonyl (C=O) groups is 2. The Balaban J connectivity index is 0.000000479. The molecule has 4 heterocycles. The Bertz CT molecular complexity index is 1280. The van der Waals surface area contributed by atoms with Crippen LogP contribution in [0.4, 0.5) is 29.2 Å². The Morgan fingerprint density at radius 3 is 2.62 bits per heavy atom.